The Morgan fingerprint density at radius 1 is 0.875 bits per heavy atom. The molecule has 2 aromatic heterocycles. The highest BCUT2D eigenvalue weighted by Gasteiger charge is 2.21. The van der Waals surface area contributed by atoms with Gasteiger partial charge in [0.25, 0.3) is 0 Å². The number of para-hydroxylation sites is 1. The van der Waals surface area contributed by atoms with Gasteiger partial charge in [0.1, 0.15) is 11.6 Å². The maximum absolute atomic E-state index is 5.25. The van der Waals surface area contributed by atoms with Gasteiger partial charge in [0.2, 0.25) is 0 Å². The number of ether oxygens (including phenoxy) is 1. The van der Waals surface area contributed by atoms with E-state index in [-0.39, 0.29) is 0 Å². The number of hydrogen-bond acceptors (Lipinski definition) is 6. The minimum absolute atomic E-state index is 0.730. The summed E-state index contributed by atoms with van der Waals surface area (Å²) in [6, 6.07) is 20.6. The molecule has 1 fully saturated rings. The van der Waals surface area contributed by atoms with Crippen molar-refractivity contribution in [1.82, 2.24) is 19.9 Å². The zero-order chi connectivity index (χ0) is 21.8. The standard InChI is InChI=1S/C26H27N5O/c1-32-22-10-8-20(9-11-22)12-14-30-15-17-31(18-16-30)26-23-6-2-3-7-24(23)28-25(29-26)21-5-4-13-27-19-21/h2-11,13,19H,12,14-18H2,1H3. The molecule has 0 spiro atoms. The summed E-state index contributed by atoms with van der Waals surface area (Å²) in [6.45, 7) is 5.02. The molecule has 0 amide bonds. The lowest BCUT2D eigenvalue weighted by Gasteiger charge is -2.36. The van der Waals surface area contributed by atoms with E-state index in [1.807, 2.05) is 36.5 Å². The van der Waals surface area contributed by atoms with Gasteiger partial charge in [-0.25, -0.2) is 9.97 Å². The lowest BCUT2D eigenvalue weighted by atomic mass is 10.1. The molecule has 6 heteroatoms. The Kier molecular flexibility index (Phi) is 5.94. The molecule has 0 saturated carbocycles. The van der Waals surface area contributed by atoms with Crippen molar-refractivity contribution < 1.29 is 4.74 Å². The molecule has 0 unspecified atom stereocenters. The summed E-state index contributed by atoms with van der Waals surface area (Å²) in [6.07, 6.45) is 4.65. The summed E-state index contributed by atoms with van der Waals surface area (Å²) in [5.41, 5.74) is 3.26. The fourth-order valence-electron chi connectivity index (χ4n) is 4.19. The number of piperazine rings is 1. The van der Waals surface area contributed by atoms with Gasteiger partial charge >= 0.3 is 0 Å². The van der Waals surface area contributed by atoms with Gasteiger partial charge in [0, 0.05) is 56.1 Å². The second-order valence-electron chi connectivity index (χ2n) is 8.06. The second kappa shape index (κ2) is 9.32. The normalized spacial score (nSPS) is 14.6. The van der Waals surface area contributed by atoms with E-state index in [0.717, 1.165) is 73.0 Å². The fourth-order valence-corrected chi connectivity index (χ4v) is 4.19. The monoisotopic (exact) mass is 425 g/mol. The maximum Gasteiger partial charge on any atom is 0.163 e. The predicted molar refractivity (Wildman–Crippen MR) is 128 cm³/mol. The number of hydrogen-bond donors (Lipinski definition) is 0. The predicted octanol–water partition coefficient (Wildman–Crippen LogP) is 4.07. The molecular formula is C26H27N5O. The van der Waals surface area contributed by atoms with Crippen LogP contribution in [0, 0.1) is 0 Å². The van der Waals surface area contributed by atoms with Crippen LogP contribution in [0.1, 0.15) is 5.56 Å². The fraction of sp³-hybridized carbons (Fsp3) is 0.269. The topological polar surface area (TPSA) is 54.4 Å². The number of aromatic nitrogens is 3. The molecule has 0 N–H and O–H groups in total. The molecule has 6 nitrogen and oxygen atoms in total. The van der Waals surface area contributed by atoms with Gasteiger partial charge in [-0.05, 0) is 48.4 Å². The molecule has 0 bridgehead atoms. The van der Waals surface area contributed by atoms with E-state index in [9.17, 15) is 0 Å². The SMILES string of the molecule is COc1ccc(CCN2CCN(c3nc(-c4cccnc4)nc4ccccc34)CC2)cc1. The summed E-state index contributed by atoms with van der Waals surface area (Å²) < 4.78 is 5.25. The van der Waals surface area contributed by atoms with Crippen molar-refractivity contribution in [2.45, 2.75) is 6.42 Å². The van der Waals surface area contributed by atoms with Crippen LogP contribution in [-0.4, -0.2) is 59.7 Å². The van der Waals surface area contributed by atoms with Crippen LogP contribution in [0.5, 0.6) is 5.75 Å². The Hall–Kier alpha value is -3.51. The Balaban J connectivity index is 1.30. The molecule has 1 aliphatic heterocycles. The van der Waals surface area contributed by atoms with Crippen LogP contribution in [0.25, 0.3) is 22.3 Å². The zero-order valence-electron chi connectivity index (χ0n) is 18.3. The summed E-state index contributed by atoms with van der Waals surface area (Å²) in [5.74, 6) is 2.66. The quantitative estimate of drug-likeness (QED) is 0.464. The van der Waals surface area contributed by atoms with Crippen molar-refractivity contribution in [2.75, 3.05) is 44.7 Å². The van der Waals surface area contributed by atoms with E-state index in [4.69, 9.17) is 14.7 Å². The molecule has 162 valence electrons. The molecule has 0 atom stereocenters. The third kappa shape index (κ3) is 4.41. The Morgan fingerprint density at radius 2 is 1.69 bits per heavy atom. The van der Waals surface area contributed by atoms with Gasteiger partial charge in [-0.2, -0.15) is 0 Å². The lowest BCUT2D eigenvalue weighted by Crippen LogP contribution is -2.47. The van der Waals surface area contributed by atoms with Crippen LogP contribution in [0.15, 0.2) is 73.1 Å². The van der Waals surface area contributed by atoms with Crippen molar-refractivity contribution >= 4 is 16.7 Å². The van der Waals surface area contributed by atoms with Gasteiger partial charge in [-0.3, -0.25) is 9.88 Å². The Labute approximate surface area is 188 Å². The van der Waals surface area contributed by atoms with E-state index in [0.29, 0.717) is 0 Å². The third-order valence-corrected chi connectivity index (χ3v) is 6.05. The number of fused-ring (bicyclic) bond motifs is 1. The molecule has 5 rings (SSSR count). The van der Waals surface area contributed by atoms with Crippen LogP contribution in [0.3, 0.4) is 0 Å². The molecule has 1 saturated heterocycles. The van der Waals surface area contributed by atoms with Gasteiger partial charge < -0.3 is 9.64 Å². The number of anilines is 1. The average molecular weight is 426 g/mol. The molecule has 32 heavy (non-hydrogen) atoms. The van der Waals surface area contributed by atoms with Gasteiger partial charge in [-0.1, -0.05) is 24.3 Å². The molecule has 4 aromatic rings. The molecule has 2 aromatic carbocycles. The van der Waals surface area contributed by atoms with Crippen LogP contribution in [0.4, 0.5) is 5.82 Å². The first-order valence-corrected chi connectivity index (χ1v) is 11.1. The maximum atomic E-state index is 5.25. The van der Waals surface area contributed by atoms with Gasteiger partial charge in [0.15, 0.2) is 5.82 Å². The smallest absolute Gasteiger partial charge is 0.163 e. The Morgan fingerprint density at radius 3 is 2.44 bits per heavy atom. The van der Waals surface area contributed by atoms with E-state index < -0.39 is 0 Å². The second-order valence-corrected chi connectivity index (χ2v) is 8.06. The summed E-state index contributed by atoms with van der Waals surface area (Å²) >= 11 is 0. The summed E-state index contributed by atoms with van der Waals surface area (Å²) in [4.78, 5) is 18.9. The highest BCUT2D eigenvalue weighted by Crippen LogP contribution is 2.28. The van der Waals surface area contributed by atoms with Crippen molar-refractivity contribution in [3.05, 3.63) is 78.6 Å². The molecule has 0 aliphatic carbocycles. The molecule has 0 radical (unpaired) electrons. The number of nitrogens with zero attached hydrogens (tertiary/aromatic N) is 5. The van der Waals surface area contributed by atoms with Crippen LogP contribution < -0.4 is 9.64 Å². The van der Waals surface area contributed by atoms with E-state index in [2.05, 4.69) is 45.1 Å². The van der Waals surface area contributed by atoms with Crippen molar-refractivity contribution in [3.63, 3.8) is 0 Å². The van der Waals surface area contributed by atoms with Crippen molar-refractivity contribution in [3.8, 4) is 17.1 Å². The number of benzene rings is 2. The number of methoxy groups -OCH3 is 1. The largest absolute Gasteiger partial charge is 0.497 e. The minimum atomic E-state index is 0.730. The summed E-state index contributed by atoms with van der Waals surface area (Å²) in [5, 5.41) is 1.10. The first kappa shape index (κ1) is 20.4. The van der Waals surface area contributed by atoms with Crippen molar-refractivity contribution in [2.24, 2.45) is 0 Å². The van der Waals surface area contributed by atoms with Gasteiger partial charge in [-0.15, -0.1) is 0 Å². The third-order valence-electron chi connectivity index (χ3n) is 6.05. The summed E-state index contributed by atoms with van der Waals surface area (Å²) in [7, 11) is 1.70. The first-order chi connectivity index (χ1) is 15.8. The average Bonchev–Trinajstić information content (AvgIpc) is 2.88. The number of rotatable bonds is 6. The highest BCUT2D eigenvalue weighted by atomic mass is 16.5. The van der Waals surface area contributed by atoms with Crippen molar-refractivity contribution in [1.29, 1.82) is 0 Å². The lowest BCUT2D eigenvalue weighted by molar-refractivity contribution is 0.260. The molecule has 1 aliphatic rings. The zero-order valence-corrected chi connectivity index (χ0v) is 18.3. The number of pyridine rings is 1. The molecular weight excluding hydrogens is 398 g/mol. The van der Waals surface area contributed by atoms with Crippen LogP contribution in [0.2, 0.25) is 0 Å². The van der Waals surface area contributed by atoms with Gasteiger partial charge in [0.05, 0.1) is 12.6 Å². The Bertz CT molecular complexity index is 1170. The van der Waals surface area contributed by atoms with E-state index in [1.54, 1.807) is 13.3 Å². The molecule has 3 heterocycles. The van der Waals surface area contributed by atoms with Crippen LogP contribution >= 0.6 is 0 Å². The first-order valence-electron chi connectivity index (χ1n) is 11.1. The van der Waals surface area contributed by atoms with E-state index in [1.165, 1.54) is 5.56 Å². The van der Waals surface area contributed by atoms with Crippen LogP contribution in [-0.2, 0) is 6.42 Å². The minimum Gasteiger partial charge on any atom is -0.497 e. The highest BCUT2D eigenvalue weighted by molar-refractivity contribution is 5.91. The van der Waals surface area contributed by atoms with E-state index >= 15 is 0 Å².